The molecule has 0 fully saturated rings. The summed E-state index contributed by atoms with van der Waals surface area (Å²) < 4.78 is 0. The first kappa shape index (κ1) is 17.5. The Morgan fingerprint density at radius 3 is 2.54 bits per heavy atom. The van der Waals surface area contributed by atoms with Crippen molar-refractivity contribution in [2.75, 3.05) is 5.43 Å². The van der Waals surface area contributed by atoms with Crippen LogP contribution in [0.2, 0.25) is 0 Å². The van der Waals surface area contributed by atoms with Gasteiger partial charge in [-0.3, -0.25) is 15.5 Å². The second-order valence-electron chi connectivity index (χ2n) is 6.43. The summed E-state index contributed by atoms with van der Waals surface area (Å²) in [6.45, 7) is 3.76. The monoisotopic (exact) mass is 371 g/mol. The number of benzene rings is 3. The van der Waals surface area contributed by atoms with E-state index in [1.165, 1.54) is 12.1 Å². The Bertz CT molecular complexity index is 1230. The van der Waals surface area contributed by atoms with Gasteiger partial charge in [0.25, 0.3) is 5.69 Å². The van der Waals surface area contributed by atoms with E-state index in [1.54, 1.807) is 12.1 Å². The number of aromatic nitrogens is 2. The fraction of sp³-hybridized carbons (Fsp3) is 0.0952. The lowest BCUT2D eigenvalue weighted by atomic mass is 10.1. The van der Waals surface area contributed by atoms with Crippen molar-refractivity contribution in [1.29, 1.82) is 0 Å². The Labute approximate surface area is 160 Å². The maximum Gasteiger partial charge on any atom is 0.269 e. The van der Waals surface area contributed by atoms with E-state index in [2.05, 4.69) is 15.5 Å². The molecule has 138 valence electrons. The number of hydrogen-bond donors (Lipinski definition) is 1. The van der Waals surface area contributed by atoms with Gasteiger partial charge in [0, 0.05) is 17.5 Å². The minimum absolute atomic E-state index is 0.0365. The Hall–Kier alpha value is -3.87. The SMILES string of the molecule is C/C(=N/Nc1ccc([N+](=O)[O-])cc1)c1nc2c(ccc3ccccc32)nc1C. The Balaban J connectivity index is 1.70. The zero-order valence-electron chi connectivity index (χ0n) is 15.4. The average molecular weight is 371 g/mol. The van der Waals surface area contributed by atoms with Crippen LogP contribution in [0, 0.1) is 17.0 Å². The van der Waals surface area contributed by atoms with Crippen LogP contribution >= 0.6 is 0 Å². The van der Waals surface area contributed by atoms with Gasteiger partial charge in [0.05, 0.1) is 33.0 Å². The molecule has 1 heterocycles. The summed E-state index contributed by atoms with van der Waals surface area (Å²) in [7, 11) is 0. The first-order valence-electron chi connectivity index (χ1n) is 8.74. The molecular formula is C21H17N5O2. The molecule has 0 spiro atoms. The normalized spacial score (nSPS) is 11.7. The molecule has 0 radical (unpaired) electrons. The molecule has 0 saturated heterocycles. The molecule has 0 amide bonds. The summed E-state index contributed by atoms with van der Waals surface area (Å²) in [6, 6.07) is 18.2. The number of aryl methyl sites for hydroxylation is 1. The number of rotatable bonds is 4. The molecule has 0 aliphatic carbocycles. The van der Waals surface area contributed by atoms with Gasteiger partial charge in [0.15, 0.2) is 0 Å². The number of nitro groups is 1. The smallest absolute Gasteiger partial charge is 0.269 e. The van der Waals surface area contributed by atoms with Crippen LogP contribution in [-0.4, -0.2) is 20.6 Å². The van der Waals surface area contributed by atoms with Crippen LogP contribution in [0.15, 0.2) is 65.8 Å². The van der Waals surface area contributed by atoms with Crippen LogP contribution in [0.25, 0.3) is 21.8 Å². The summed E-state index contributed by atoms with van der Waals surface area (Å²) in [5, 5.41) is 17.3. The van der Waals surface area contributed by atoms with Gasteiger partial charge in [-0.1, -0.05) is 30.3 Å². The zero-order chi connectivity index (χ0) is 19.7. The molecule has 0 atom stereocenters. The predicted molar refractivity (Wildman–Crippen MR) is 111 cm³/mol. The van der Waals surface area contributed by atoms with Crippen molar-refractivity contribution in [1.82, 2.24) is 9.97 Å². The number of fused-ring (bicyclic) bond motifs is 3. The number of hydrazone groups is 1. The van der Waals surface area contributed by atoms with Crippen LogP contribution in [0.1, 0.15) is 18.3 Å². The van der Waals surface area contributed by atoms with E-state index in [4.69, 9.17) is 4.98 Å². The molecule has 7 nitrogen and oxygen atoms in total. The summed E-state index contributed by atoms with van der Waals surface area (Å²) in [5.41, 5.74) is 7.46. The van der Waals surface area contributed by atoms with Crippen molar-refractivity contribution in [2.45, 2.75) is 13.8 Å². The minimum Gasteiger partial charge on any atom is -0.278 e. The summed E-state index contributed by atoms with van der Waals surface area (Å²) in [6.07, 6.45) is 0. The van der Waals surface area contributed by atoms with Gasteiger partial charge in [-0.2, -0.15) is 5.10 Å². The third-order valence-corrected chi connectivity index (χ3v) is 4.51. The average Bonchev–Trinajstić information content (AvgIpc) is 2.71. The van der Waals surface area contributed by atoms with Crippen molar-refractivity contribution in [3.05, 3.63) is 82.2 Å². The maximum atomic E-state index is 10.7. The van der Waals surface area contributed by atoms with Crippen molar-refractivity contribution in [2.24, 2.45) is 5.10 Å². The molecule has 4 rings (SSSR count). The fourth-order valence-electron chi connectivity index (χ4n) is 3.08. The quantitative estimate of drug-likeness (QED) is 0.240. The van der Waals surface area contributed by atoms with E-state index in [9.17, 15) is 10.1 Å². The molecule has 3 aromatic carbocycles. The number of non-ortho nitro benzene ring substituents is 1. The number of nitrogens with zero attached hydrogens (tertiary/aromatic N) is 4. The Morgan fingerprint density at radius 2 is 1.79 bits per heavy atom. The van der Waals surface area contributed by atoms with Crippen LogP contribution < -0.4 is 5.43 Å². The summed E-state index contributed by atoms with van der Waals surface area (Å²) in [4.78, 5) is 19.8. The third kappa shape index (κ3) is 3.25. The van der Waals surface area contributed by atoms with E-state index in [0.29, 0.717) is 17.1 Å². The lowest BCUT2D eigenvalue weighted by molar-refractivity contribution is -0.384. The van der Waals surface area contributed by atoms with E-state index in [-0.39, 0.29) is 5.69 Å². The number of anilines is 1. The highest BCUT2D eigenvalue weighted by atomic mass is 16.6. The molecule has 1 aromatic heterocycles. The number of nitrogens with one attached hydrogen (secondary N) is 1. The lowest BCUT2D eigenvalue weighted by Crippen LogP contribution is -2.07. The summed E-state index contributed by atoms with van der Waals surface area (Å²) >= 11 is 0. The largest absolute Gasteiger partial charge is 0.278 e. The molecule has 0 aliphatic heterocycles. The highest BCUT2D eigenvalue weighted by molar-refractivity contribution is 6.06. The van der Waals surface area contributed by atoms with Crippen LogP contribution in [0.3, 0.4) is 0 Å². The second kappa shape index (κ2) is 7.03. The van der Waals surface area contributed by atoms with Crippen molar-refractivity contribution >= 4 is 38.9 Å². The predicted octanol–water partition coefficient (Wildman–Crippen LogP) is 4.84. The molecular weight excluding hydrogens is 354 g/mol. The molecule has 0 bridgehead atoms. The van der Waals surface area contributed by atoms with E-state index >= 15 is 0 Å². The highest BCUT2D eigenvalue weighted by Crippen LogP contribution is 2.24. The lowest BCUT2D eigenvalue weighted by Gasteiger charge is -2.09. The van der Waals surface area contributed by atoms with E-state index in [1.807, 2.05) is 50.2 Å². The van der Waals surface area contributed by atoms with Gasteiger partial charge in [0.1, 0.15) is 5.69 Å². The van der Waals surface area contributed by atoms with Gasteiger partial charge < -0.3 is 0 Å². The van der Waals surface area contributed by atoms with Crippen LogP contribution in [0.4, 0.5) is 11.4 Å². The number of hydrogen-bond acceptors (Lipinski definition) is 6. The standard InChI is InChI=1S/C21H17N5O2/c1-13-20(14(2)24-25-16-8-10-17(11-9-16)26(27)28)23-21-18-6-4-3-5-15(18)7-12-19(21)22-13/h3-12,25H,1-2H3/b24-14-. The topological polar surface area (TPSA) is 93.3 Å². The second-order valence-corrected chi connectivity index (χ2v) is 6.43. The minimum atomic E-state index is -0.434. The molecule has 0 aliphatic rings. The molecule has 0 saturated carbocycles. The van der Waals surface area contributed by atoms with Gasteiger partial charge in [-0.15, -0.1) is 0 Å². The third-order valence-electron chi connectivity index (χ3n) is 4.51. The molecule has 1 N–H and O–H groups in total. The molecule has 7 heteroatoms. The van der Waals surface area contributed by atoms with Crippen molar-refractivity contribution in [3.8, 4) is 0 Å². The first-order valence-corrected chi connectivity index (χ1v) is 8.74. The van der Waals surface area contributed by atoms with Gasteiger partial charge >= 0.3 is 0 Å². The summed E-state index contributed by atoms with van der Waals surface area (Å²) in [5.74, 6) is 0. The van der Waals surface area contributed by atoms with Crippen molar-refractivity contribution in [3.63, 3.8) is 0 Å². The molecule has 28 heavy (non-hydrogen) atoms. The van der Waals surface area contributed by atoms with Gasteiger partial charge in [0.2, 0.25) is 0 Å². The van der Waals surface area contributed by atoms with Crippen LogP contribution in [0.5, 0.6) is 0 Å². The first-order chi connectivity index (χ1) is 13.5. The molecule has 4 aromatic rings. The maximum absolute atomic E-state index is 10.7. The fourth-order valence-corrected chi connectivity index (χ4v) is 3.08. The number of nitro benzene ring substituents is 1. The van der Waals surface area contributed by atoms with Gasteiger partial charge in [-0.05, 0) is 37.4 Å². The van der Waals surface area contributed by atoms with Crippen molar-refractivity contribution < 1.29 is 4.92 Å². The van der Waals surface area contributed by atoms with E-state index < -0.39 is 4.92 Å². The van der Waals surface area contributed by atoms with E-state index in [0.717, 1.165) is 27.5 Å². The molecule has 0 unspecified atom stereocenters. The zero-order valence-corrected chi connectivity index (χ0v) is 15.4. The Morgan fingerprint density at radius 1 is 1.04 bits per heavy atom. The van der Waals surface area contributed by atoms with Gasteiger partial charge in [-0.25, -0.2) is 9.97 Å². The Kier molecular flexibility index (Phi) is 4.41. The highest BCUT2D eigenvalue weighted by Gasteiger charge is 2.11. The van der Waals surface area contributed by atoms with Crippen LogP contribution in [-0.2, 0) is 0 Å².